The van der Waals surface area contributed by atoms with E-state index in [9.17, 15) is 4.79 Å². The van der Waals surface area contributed by atoms with Crippen molar-refractivity contribution >= 4 is 34.6 Å². The number of nitrogens with zero attached hydrogens (tertiary/aromatic N) is 1. The summed E-state index contributed by atoms with van der Waals surface area (Å²) < 4.78 is 5.54. The quantitative estimate of drug-likeness (QED) is 0.597. The van der Waals surface area contributed by atoms with Crippen LogP contribution in [0.4, 0.5) is 17.1 Å². The van der Waals surface area contributed by atoms with Crippen LogP contribution in [0.2, 0.25) is 5.02 Å². The van der Waals surface area contributed by atoms with Gasteiger partial charge >= 0.3 is 0 Å². The fraction of sp³-hybridized carbons (Fsp3) is 0.143. The van der Waals surface area contributed by atoms with E-state index in [0.29, 0.717) is 28.8 Å². The summed E-state index contributed by atoms with van der Waals surface area (Å²) in [5, 5.41) is 6.76. The molecule has 0 atom stereocenters. The van der Waals surface area contributed by atoms with Crippen LogP contribution in [0.1, 0.15) is 23.0 Å². The van der Waals surface area contributed by atoms with E-state index in [-0.39, 0.29) is 5.91 Å². The highest BCUT2D eigenvalue weighted by molar-refractivity contribution is 6.31. The molecule has 0 aliphatic carbocycles. The van der Waals surface area contributed by atoms with Crippen LogP contribution in [-0.4, -0.2) is 17.5 Å². The number of benzene rings is 2. The predicted octanol–water partition coefficient (Wildman–Crippen LogP) is 5.44. The predicted molar refractivity (Wildman–Crippen MR) is 109 cm³/mol. The van der Waals surface area contributed by atoms with E-state index in [0.717, 1.165) is 16.9 Å². The molecular formula is C21H20ClN3O2. The molecule has 0 radical (unpaired) electrons. The Hall–Kier alpha value is -3.05. The zero-order valence-corrected chi connectivity index (χ0v) is 15.9. The number of pyridine rings is 1. The molecule has 27 heavy (non-hydrogen) atoms. The van der Waals surface area contributed by atoms with E-state index in [2.05, 4.69) is 15.6 Å². The van der Waals surface area contributed by atoms with Crippen LogP contribution >= 0.6 is 11.6 Å². The second kappa shape index (κ2) is 8.56. The fourth-order valence-electron chi connectivity index (χ4n) is 2.51. The summed E-state index contributed by atoms with van der Waals surface area (Å²) in [6.45, 7) is 4.36. The van der Waals surface area contributed by atoms with E-state index in [1.54, 1.807) is 24.4 Å². The van der Waals surface area contributed by atoms with Crippen molar-refractivity contribution in [1.82, 2.24) is 4.98 Å². The summed E-state index contributed by atoms with van der Waals surface area (Å²) in [7, 11) is 0. The second-order valence-corrected chi connectivity index (χ2v) is 6.31. The lowest BCUT2D eigenvalue weighted by Crippen LogP contribution is -2.14. The van der Waals surface area contributed by atoms with Gasteiger partial charge in [0.05, 0.1) is 12.3 Å². The summed E-state index contributed by atoms with van der Waals surface area (Å²) in [4.78, 5) is 16.8. The van der Waals surface area contributed by atoms with Crippen molar-refractivity contribution in [1.29, 1.82) is 0 Å². The molecule has 138 valence electrons. The summed E-state index contributed by atoms with van der Waals surface area (Å²) in [5.74, 6) is 0.310. The molecule has 3 aromatic rings. The van der Waals surface area contributed by atoms with E-state index in [1.807, 2.05) is 50.2 Å². The van der Waals surface area contributed by atoms with Gasteiger partial charge in [-0.1, -0.05) is 29.8 Å². The number of nitrogens with one attached hydrogen (secondary N) is 2. The molecule has 0 saturated carbocycles. The Balaban J connectivity index is 1.76. The maximum absolute atomic E-state index is 12.6. The molecule has 2 aromatic carbocycles. The van der Waals surface area contributed by atoms with Crippen molar-refractivity contribution in [2.75, 3.05) is 17.2 Å². The van der Waals surface area contributed by atoms with E-state index in [4.69, 9.17) is 16.3 Å². The topological polar surface area (TPSA) is 63.2 Å². The smallest absolute Gasteiger partial charge is 0.274 e. The first-order valence-corrected chi connectivity index (χ1v) is 8.97. The molecule has 1 aromatic heterocycles. The average molecular weight is 382 g/mol. The van der Waals surface area contributed by atoms with Crippen LogP contribution in [0.3, 0.4) is 0 Å². The summed E-state index contributed by atoms with van der Waals surface area (Å²) in [5.41, 5.74) is 3.49. The van der Waals surface area contributed by atoms with Crippen LogP contribution in [0.25, 0.3) is 0 Å². The molecular weight excluding hydrogens is 362 g/mol. The number of aromatic nitrogens is 1. The molecule has 0 aliphatic heterocycles. The van der Waals surface area contributed by atoms with Crippen LogP contribution in [0, 0.1) is 6.92 Å². The molecule has 2 N–H and O–H groups in total. The minimum absolute atomic E-state index is 0.296. The van der Waals surface area contributed by atoms with Crippen molar-refractivity contribution in [3.63, 3.8) is 0 Å². The van der Waals surface area contributed by atoms with Gasteiger partial charge in [-0.2, -0.15) is 0 Å². The number of anilines is 3. The third kappa shape index (κ3) is 4.77. The van der Waals surface area contributed by atoms with Crippen molar-refractivity contribution in [2.24, 2.45) is 0 Å². The number of amides is 1. The van der Waals surface area contributed by atoms with Crippen LogP contribution in [0.5, 0.6) is 5.75 Å². The van der Waals surface area contributed by atoms with E-state index < -0.39 is 0 Å². The van der Waals surface area contributed by atoms with Gasteiger partial charge < -0.3 is 15.4 Å². The first-order valence-electron chi connectivity index (χ1n) is 8.59. The standard InChI is InChI=1S/C21H20ClN3O2/c1-3-27-20-7-5-4-6-18(20)25-21(26)19-13-16(10-11-23-19)24-15-9-8-14(2)17(22)12-15/h4-13H,3H2,1-2H3,(H,23,24)(H,25,26). The maximum Gasteiger partial charge on any atom is 0.274 e. The van der Waals surface area contributed by atoms with Crippen molar-refractivity contribution in [3.05, 3.63) is 77.1 Å². The van der Waals surface area contributed by atoms with E-state index in [1.165, 1.54) is 0 Å². The fourth-order valence-corrected chi connectivity index (χ4v) is 2.69. The normalized spacial score (nSPS) is 10.3. The molecule has 5 nitrogen and oxygen atoms in total. The Labute approximate surface area is 163 Å². The SMILES string of the molecule is CCOc1ccccc1NC(=O)c1cc(Nc2ccc(C)c(Cl)c2)ccn1. The summed E-state index contributed by atoms with van der Waals surface area (Å²) in [6.07, 6.45) is 1.58. The van der Waals surface area contributed by atoms with Crippen LogP contribution < -0.4 is 15.4 Å². The highest BCUT2D eigenvalue weighted by Gasteiger charge is 2.11. The Bertz CT molecular complexity index is 960. The zero-order chi connectivity index (χ0) is 19.2. The molecule has 1 amide bonds. The number of rotatable bonds is 6. The van der Waals surface area contributed by atoms with Crippen molar-refractivity contribution < 1.29 is 9.53 Å². The molecule has 0 unspecified atom stereocenters. The molecule has 0 spiro atoms. The van der Waals surface area contributed by atoms with Gasteiger partial charge in [0.1, 0.15) is 11.4 Å². The Morgan fingerprint density at radius 2 is 1.89 bits per heavy atom. The first kappa shape index (κ1) is 18.7. The Morgan fingerprint density at radius 3 is 2.67 bits per heavy atom. The lowest BCUT2D eigenvalue weighted by atomic mass is 10.2. The van der Waals surface area contributed by atoms with Gasteiger partial charge in [0.15, 0.2) is 0 Å². The largest absolute Gasteiger partial charge is 0.492 e. The number of para-hydroxylation sites is 2. The number of halogens is 1. The number of hydrogen-bond donors (Lipinski definition) is 2. The van der Waals surface area contributed by atoms with Gasteiger partial charge in [-0.05, 0) is 55.8 Å². The van der Waals surface area contributed by atoms with Crippen LogP contribution in [-0.2, 0) is 0 Å². The molecule has 0 saturated heterocycles. The minimum atomic E-state index is -0.312. The lowest BCUT2D eigenvalue weighted by molar-refractivity contribution is 0.102. The summed E-state index contributed by atoms with van der Waals surface area (Å²) in [6, 6.07) is 16.5. The van der Waals surface area contributed by atoms with Crippen molar-refractivity contribution in [3.8, 4) is 5.75 Å². The summed E-state index contributed by atoms with van der Waals surface area (Å²) >= 11 is 6.16. The van der Waals surface area contributed by atoms with Crippen molar-refractivity contribution in [2.45, 2.75) is 13.8 Å². The number of aryl methyl sites for hydroxylation is 1. The zero-order valence-electron chi connectivity index (χ0n) is 15.1. The monoisotopic (exact) mass is 381 g/mol. The Morgan fingerprint density at radius 1 is 1.11 bits per heavy atom. The molecule has 0 bridgehead atoms. The van der Waals surface area contributed by atoms with Gasteiger partial charge in [0.2, 0.25) is 0 Å². The van der Waals surface area contributed by atoms with Gasteiger partial charge in [0.25, 0.3) is 5.91 Å². The third-order valence-corrected chi connectivity index (χ3v) is 4.30. The molecule has 0 aliphatic rings. The molecule has 3 rings (SSSR count). The minimum Gasteiger partial charge on any atom is -0.492 e. The highest BCUT2D eigenvalue weighted by Crippen LogP contribution is 2.25. The van der Waals surface area contributed by atoms with Crippen LogP contribution in [0.15, 0.2) is 60.8 Å². The van der Waals surface area contributed by atoms with Gasteiger partial charge in [-0.25, -0.2) is 0 Å². The Kier molecular flexibility index (Phi) is 5.94. The first-order chi connectivity index (χ1) is 13.1. The number of carbonyl (C=O) groups is 1. The molecule has 6 heteroatoms. The van der Waals surface area contributed by atoms with E-state index >= 15 is 0 Å². The second-order valence-electron chi connectivity index (χ2n) is 5.90. The maximum atomic E-state index is 12.6. The highest BCUT2D eigenvalue weighted by atomic mass is 35.5. The van der Waals surface area contributed by atoms with Gasteiger partial charge in [0, 0.05) is 22.6 Å². The van der Waals surface area contributed by atoms with Gasteiger partial charge in [-0.3, -0.25) is 9.78 Å². The third-order valence-electron chi connectivity index (χ3n) is 3.89. The molecule has 0 fully saturated rings. The lowest BCUT2D eigenvalue weighted by Gasteiger charge is -2.12. The number of ether oxygens (including phenoxy) is 1. The number of carbonyl (C=O) groups excluding carboxylic acids is 1. The number of hydrogen-bond acceptors (Lipinski definition) is 4. The van der Waals surface area contributed by atoms with Gasteiger partial charge in [-0.15, -0.1) is 0 Å². The average Bonchev–Trinajstić information content (AvgIpc) is 2.67. The molecule has 1 heterocycles.